The van der Waals surface area contributed by atoms with Gasteiger partial charge in [0, 0.05) is 40.4 Å². The van der Waals surface area contributed by atoms with Crippen molar-refractivity contribution in [2.75, 3.05) is 47.1 Å². The first-order valence-corrected chi connectivity index (χ1v) is 8.29. The van der Waals surface area contributed by atoms with Crippen molar-refractivity contribution < 1.29 is 9.47 Å². The van der Waals surface area contributed by atoms with Crippen molar-refractivity contribution in [1.82, 2.24) is 10.2 Å². The Bertz CT molecular complexity index is 463. The summed E-state index contributed by atoms with van der Waals surface area (Å²) in [6.07, 6.45) is 0.914. The number of aryl methyl sites for hydroxylation is 1. The first-order valence-electron chi connectivity index (χ1n) is 8.29. The lowest BCUT2D eigenvalue weighted by atomic mass is 10.1. The highest BCUT2D eigenvalue weighted by molar-refractivity contribution is 5.79. The number of guanidine groups is 1. The Morgan fingerprint density at radius 1 is 1.22 bits per heavy atom. The van der Waals surface area contributed by atoms with E-state index in [0.717, 1.165) is 32.0 Å². The van der Waals surface area contributed by atoms with E-state index in [0.29, 0.717) is 19.8 Å². The maximum Gasteiger partial charge on any atom is 0.193 e. The number of hydrogen-bond acceptors (Lipinski definition) is 3. The molecule has 0 aliphatic rings. The summed E-state index contributed by atoms with van der Waals surface area (Å²) in [6.45, 7) is 8.71. The molecule has 1 aromatic rings. The van der Waals surface area contributed by atoms with Gasteiger partial charge < -0.3 is 19.7 Å². The van der Waals surface area contributed by atoms with Crippen molar-refractivity contribution in [3.05, 3.63) is 35.4 Å². The predicted octanol–water partition coefficient (Wildman–Crippen LogP) is 2.45. The average molecular weight is 321 g/mol. The topological polar surface area (TPSA) is 46.1 Å². The highest BCUT2D eigenvalue weighted by Crippen LogP contribution is 2.09. The number of nitrogens with one attached hydrogen (secondary N) is 1. The van der Waals surface area contributed by atoms with Crippen LogP contribution >= 0.6 is 0 Å². The molecule has 0 amide bonds. The third-order valence-corrected chi connectivity index (χ3v) is 3.51. The maximum absolute atomic E-state index is 5.46. The van der Waals surface area contributed by atoms with Crippen LogP contribution in [0.1, 0.15) is 24.5 Å². The van der Waals surface area contributed by atoms with Crippen LogP contribution in [-0.4, -0.2) is 57.9 Å². The first kappa shape index (κ1) is 19.5. The Morgan fingerprint density at radius 2 is 2.00 bits per heavy atom. The van der Waals surface area contributed by atoms with Crippen LogP contribution in [0, 0.1) is 6.92 Å². The minimum absolute atomic E-state index is 0.644. The summed E-state index contributed by atoms with van der Waals surface area (Å²) in [4.78, 5) is 6.84. The molecule has 0 saturated carbocycles. The van der Waals surface area contributed by atoms with Crippen LogP contribution in [0.4, 0.5) is 0 Å². The van der Waals surface area contributed by atoms with Crippen LogP contribution in [0.3, 0.4) is 0 Å². The van der Waals surface area contributed by atoms with Crippen molar-refractivity contribution in [3.8, 4) is 0 Å². The van der Waals surface area contributed by atoms with E-state index in [1.165, 1.54) is 11.1 Å². The molecule has 0 fully saturated rings. The third kappa shape index (κ3) is 8.00. The summed E-state index contributed by atoms with van der Waals surface area (Å²) in [7, 11) is 3.75. The molecule has 0 aliphatic heterocycles. The zero-order valence-electron chi connectivity index (χ0n) is 15.0. The van der Waals surface area contributed by atoms with Crippen LogP contribution in [0.15, 0.2) is 29.3 Å². The van der Waals surface area contributed by atoms with Crippen LogP contribution < -0.4 is 5.32 Å². The highest BCUT2D eigenvalue weighted by atomic mass is 16.5. The van der Waals surface area contributed by atoms with Gasteiger partial charge >= 0.3 is 0 Å². The summed E-state index contributed by atoms with van der Waals surface area (Å²) in [5, 5.41) is 3.35. The average Bonchev–Trinajstić information content (AvgIpc) is 2.55. The van der Waals surface area contributed by atoms with Gasteiger partial charge in [0.1, 0.15) is 0 Å². The predicted molar refractivity (Wildman–Crippen MR) is 95.9 cm³/mol. The van der Waals surface area contributed by atoms with Crippen molar-refractivity contribution in [2.24, 2.45) is 4.99 Å². The zero-order valence-corrected chi connectivity index (χ0v) is 15.0. The molecule has 0 radical (unpaired) electrons. The molecule has 0 saturated heterocycles. The summed E-state index contributed by atoms with van der Waals surface area (Å²) >= 11 is 0. The van der Waals surface area contributed by atoms with Crippen LogP contribution in [0.2, 0.25) is 0 Å². The molecule has 1 aromatic carbocycles. The highest BCUT2D eigenvalue weighted by Gasteiger charge is 2.07. The van der Waals surface area contributed by atoms with E-state index in [9.17, 15) is 0 Å². The number of hydrogen-bond donors (Lipinski definition) is 1. The summed E-state index contributed by atoms with van der Waals surface area (Å²) < 4.78 is 10.4. The molecule has 23 heavy (non-hydrogen) atoms. The van der Waals surface area contributed by atoms with Crippen molar-refractivity contribution in [2.45, 2.75) is 26.8 Å². The molecule has 0 heterocycles. The van der Waals surface area contributed by atoms with E-state index in [-0.39, 0.29) is 0 Å². The zero-order chi connectivity index (χ0) is 16.9. The lowest BCUT2D eigenvalue weighted by Gasteiger charge is -2.23. The van der Waals surface area contributed by atoms with Gasteiger partial charge in [-0.05, 0) is 31.4 Å². The summed E-state index contributed by atoms with van der Waals surface area (Å²) in [5.74, 6) is 0.938. The molecule has 130 valence electrons. The second-order valence-corrected chi connectivity index (χ2v) is 5.48. The minimum Gasteiger partial charge on any atom is -0.382 e. The van der Waals surface area contributed by atoms with Gasteiger partial charge in [0.15, 0.2) is 5.96 Å². The van der Waals surface area contributed by atoms with Crippen LogP contribution in [0.5, 0.6) is 0 Å². The van der Waals surface area contributed by atoms with Crippen molar-refractivity contribution in [1.29, 1.82) is 0 Å². The van der Waals surface area contributed by atoms with E-state index in [2.05, 4.69) is 60.4 Å². The first-order chi connectivity index (χ1) is 11.2. The molecular weight excluding hydrogens is 290 g/mol. The standard InChI is InChI=1S/C18H31N3O2/c1-5-19-18(20-11-8-12-23-14-13-22-4)21(3)15-17-10-7-6-9-16(17)2/h6-7,9-10H,5,8,11-15H2,1-4H3,(H,19,20). The second-order valence-electron chi connectivity index (χ2n) is 5.48. The molecular formula is C18H31N3O2. The van der Waals surface area contributed by atoms with Crippen LogP contribution in [-0.2, 0) is 16.0 Å². The number of nitrogens with zero attached hydrogens (tertiary/aromatic N) is 2. The molecule has 0 bridgehead atoms. The number of aliphatic imine (C=N–C) groups is 1. The SMILES string of the molecule is CCNC(=NCCCOCCOC)N(C)Cc1ccccc1C. The van der Waals surface area contributed by atoms with Crippen molar-refractivity contribution >= 4 is 5.96 Å². The lowest BCUT2D eigenvalue weighted by Crippen LogP contribution is -2.38. The lowest BCUT2D eigenvalue weighted by molar-refractivity contribution is 0.0702. The quantitative estimate of drug-likeness (QED) is 0.408. The Morgan fingerprint density at radius 3 is 2.70 bits per heavy atom. The molecule has 0 aliphatic carbocycles. The minimum atomic E-state index is 0.644. The van der Waals surface area contributed by atoms with Gasteiger partial charge in [0.25, 0.3) is 0 Å². The molecule has 0 spiro atoms. The Hall–Kier alpha value is -1.59. The van der Waals surface area contributed by atoms with Gasteiger partial charge in [0.05, 0.1) is 13.2 Å². The number of rotatable bonds is 10. The van der Waals surface area contributed by atoms with Gasteiger partial charge in [0.2, 0.25) is 0 Å². The van der Waals surface area contributed by atoms with Gasteiger partial charge in [-0.2, -0.15) is 0 Å². The smallest absolute Gasteiger partial charge is 0.193 e. The number of benzene rings is 1. The van der Waals surface area contributed by atoms with E-state index in [4.69, 9.17) is 9.47 Å². The fraction of sp³-hybridized carbons (Fsp3) is 0.611. The van der Waals surface area contributed by atoms with Gasteiger partial charge in [-0.3, -0.25) is 4.99 Å². The summed E-state index contributed by atoms with van der Waals surface area (Å²) in [6, 6.07) is 8.46. The van der Waals surface area contributed by atoms with E-state index in [1.807, 2.05) is 0 Å². The van der Waals surface area contributed by atoms with Crippen molar-refractivity contribution in [3.63, 3.8) is 0 Å². The Kier molecular flexibility index (Phi) is 10.1. The van der Waals surface area contributed by atoms with Gasteiger partial charge in [-0.15, -0.1) is 0 Å². The normalized spacial score (nSPS) is 11.6. The van der Waals surface area contributed by atoms with E-state index in [1.54, 1.807) is 7.11 Å². The molecule has 0 atom stereocenters. The molecule has 0 aromatic heterocycles. The van der Waals surface area contributed by atoms with Gasteiger partial charge in [-0.1, -0.05) is 24.3 Å². The third-order valence-electron chi connectivity index (χ3n) is 3.51. The summed E-state index contributed by atoms with van der Waals surface area (Å²) in [5.41, 5.74) is 2.63. The molecule has 1 N–H and O–H groups in total. The monoisotopic (exact) mass is 321 g/mol. The molecule has 0 unspecified atom stereocenters. The Balaban J connectivity index is 2.45. The molecule has 1 rings (SSSR count). The number of methoxy groups -OCH3 is 1. The number of ether oxygens (including phenoxy) is 2. The fourth-order valence-corrected chi connectivity index (χ4v) is 2.18. The molecule has 5 nitrogen and oxygen atoms in total. The Labute approximate surface area is 140 Å². The second kappa shape index (κ2) is 11.9. The van der Waals surface area contributed by atoms with E-state index < -0.39 is 0 Å². The molecule has 5 heteroatoms. The van der Waals surface area contributed by atoms with E-state index >= 15 is 0 Å². The maximum atomic E-state index is 5.46. The fourth-order valence-electron chi connectivity index (χ4n) is 2.18. The van der Waals surface area contributed by atoms with Crippen LogP contribution in [0.25, 0.3) is 0 Å². The van der Waals surface area contributed by atoms with Gasteiger partial charge in [-0.25, -0.2) is 0 Å². The largest absolute Gasteiger partial charge is 0.382 e.